The Kier molecular flexibility index (Phi) is 2.78. The van der Waals surface area contributed by atoms with Crippen LogP contribution in [-0.4, -0.2) is 25.9 Å². The molecular formula is C14H14N4O2. The zero-order valence-corrected chi connectivity index (χ0v) is 11.2. The maximum atomic E-state index is 11.8. The van der Waals surface area contributed by atoms with Crippen LogP contribution in [0.3, 0.4) is 0 Å². The lowest BCUT2D eigenvalue weighted by atomic mass is 10.1. The SMILES string of the molecule is CC(C)n1c(O)c(C=C2C=Nc3ccncc32)[nH]c1=O. The number of nitrogens with one attached hydrogen (secondary N) is 1. The summed E-state index contributed by atoms with van der Waals surface area (Å²) in [5.41, 5.74) is 2.56. The summed E-state index contributed by atoms with van der Waals surface area (Å²) in [5, 5.41) is 10.1. The minimum absolute atomic E-state index is 0.0664. The third-order valence-corrected chi connectivity index (χ3v) is 3.20. The number of hydrogen-bond acceptors (Lipinski definition) is 4. The average molecular weight is 270 g/mol. The van der Waals surface area contributed by atoms with Gasteiger partial charge in [0.1, 0.15) is 5.69 Å². The van der Waals surface area contributed by atoms with Gasteiger partial charge in [-0.25, -0.2) is 4.79 Å². The van der Waals surface area contributed by atoms with Crippen LogP contribution in [0.5, 0.6) is 5.88 Å². The van der Waals surface area contributed by atoms with Crippen molar-refractivity contribution in [2.45, 2.75) is 19.9 Å². The highest BCUT2D eigenvalue weighted by atomic mass is 16.3. The number of nitrogens with zero attached hydrogens (tertiary/aromatic N) is 3. The molecule has 0 fully saturated rings. The van der Waals surface area contributed by atoms with Crippen molar-refractivity contribution in [2.24, 2.45) is 4.99 Å². The number of pyridine rings is 1. The van der Waals surface area contributed by atoms with E-state index in [1.54, 1.807) is 24.7 Å². The number of allylic oxidation sites excluding steroid dienone is 1. The second-order valence-corrected chi connectivity index (χ2v) is 4.88. The molecule has 0 atom stereocenters. The van der Waals surface area contributed by atoms with Gasteiger partial charge < -0.3 is 10.1 Å². The van der Waals surface area contributed by atoms with Gasteiger partial charge in [0, 0.05) is 35.8 Å². The first-order valence-corrected chi connectivity index (χ1v) is 6.31. The minimum Gasteiger partial charge on any atom is -0.493 e. The molecule has 2 aromatic heterocycles. The summed E-state index contributed by atoms with van der Waals surface area (Å²) >= 11 is 0. The fraction of sp³-hybridized carbons (Fsp3) is 0.214. The van der Waals surface area contributed by atoms with Crippen molar-refractivity contribution in [1.82, 2.24) is 14.5 Å². The highest BCUT2D eigenvalue weighted by Gasteiger charge is 2.17. The fourth-order valence-corrected chi connectivity index (χ4v) is 2.24. The van der Waals surface area contributed by atoms with Crippen LogP contribution in [0.25, 0.3) is 11.6 Å². The van der Waals surface area contributed by atoms with E-state index in [1.165, 1.54) is 4.57 Å². The van der Waals surface area contributed by atoms with Crippen molar-refractivity contribution in [2.75, 3.05) is 0 Å². The maximum Gasteiger partial charge on any atom is 0.329 e. The lowest BCUT2D eigenvalue weighted by molar-refractivity contribution is 0.395. The van der Waals surface area contributed by atoms with E-state index in [4.69, 9.17) is 0 Å². The number of aromatic amines is 1. The molecule has 6 nitrogen and oxygen atoms in total. The van der Waals surface area contributed by atoms with Gasteiger partial charge in [0.25, 0.3) is 0 Å². The van der Waals surface area contributed by atoms with E-state index in [9.17, 15) is 9.90 Å². The molecule has 102 valence electrons. The normalized spacial score (nSPS) is 15.2. The number of aromatic nitrogens is 3. The van der Waals surface area contributed by atoms with Crippen LogP contribution < -0.4 is 5.69 Å². The second kappa shape index (κ2) is 4.48. The number of rotatable bonds is 2. The standard InChI is InChI=1S/C14H14N4O2/c1-8(2)18-13(19)12(17-14(18)20)5-9-6-16-11-3-4-15-7-10(9)11/h3-8,19H,1-2H3,(H,17,20). The molecule has 20 heavy (non-hydrogen) atoms. The Bertz CT molecular complexity index is 781. The topological polar surface area (TPSA) is 83.3 Å². The predicted octanol–water partition coefficient (Wildman–Crippen LogP) is 2.11. The van der Waals surface area contributed by atoms with Gasteiger partial charge >= 0.3 is 5.69 Å². The molecule has 3 rings (SSSR count). The zero-order valence-electron chi connectivity index (χ0n) is 11.2. The molecule has 0 spiro atoms. The highest BCUT2D eigenvalue weighted by molar-refractivity contribution is 6.21. The van der Waals surface area contributed by atoms with Gasteiger partial charge in [-0.2, -0.15) is 0 Å². The van der Waals surface area contributed by atoms with Crippen molar-refractivity contribution in [1.29, 1.82) is 0 Å². The number of imidazole rings is 1. The van der Waals surface area contributed by atoms with Gasteiger partial charge in [0.05, 0.1) is 5.69 Å². The monoisotopic (exact) mass is 270 g/mol. The van der Waals surface area contributed by atoms with Crippen LogP contribution in [-0.2, 0) is 0 Å². The molecule has 0 amide bonds. The summed E-state index contributed by atoms with van der Waals surface area (Å²) in [6.07, 6.45) is 6.78. The summed E-state index contributed by atoms with van der Waals surface area (Å²) in [7, 11) is 0. The fourth-order valence-electron chi connectivity index (χ4n) is 2.24. The van der Waals surface area contributed by atoms with E-state index in [2.05, 4.69) is 15.0 Å². The van der Waals surface area contributed by atoms with Crippen LogP contribution >= 0.6 is 0 Å². The Morgan fingerprint density at radius 2 is 2.25 bits per heavy atom. The summed E-state index contributed by atoms with van der Waals surface area (Å²) in [4.78, 5) is 22.8. The molecular weight excluding hydrogens is 256 g/mol. The Balaban J connectivity index is 2.10. The van der Waals surface area contributed by atoms with Gasteiger partial charge in [-0.05, 0) is 26.0 Å². The van der Waals surface area contributed by atoms with Crippen molar-refractivity contribution >= 4 is 23.6 Å². The Morgan fingerprint density at radius 1 is 1.45 bits per heavy atom. The maximum absolute atomic E-state index is 11.8. The summed E-state index contributed by atoms with van der Waals surface area (Å²) in [6.45, 7) is 3.67. The number of aliphatic imine (C=N–C) groups is 1. The molecule has 2 aromatic rings. The second-order valence-electron chi connectivity index (χ2n) is 4.88. The molecule has 1 aliphatic heterocycles. The van der Waals surface area contributed by atoms with Crippen molar-refractivity contribution in [3.8, 4) is 5.88 Å². The molecule has 3 heterocycles. The largest absolute Gasteiger partial charge is 0.493 e. The Morgan fingerprint density at radius 3 is 2.95 bits per heavy atom. The number of hydrogen-bond donors (Lipinski definition) is 2. The van der Waals surface area contributed by atoms with Gasteiger partial charge in [0.2, 0.25) is 5.88 Å². The van der Waals surface area contributed by atoms with Crippen LogP contribution in [0.4, 0.5) is 5.69 Å². The van der Waals surface area contributed by atoms with E-state index in [0.29, 0.717) is 5.69 Å². The van der Waals surface area contributed by atoms with Crippen molar-refractivity contribution in [3.63, 3.8) is 0 Å². The van der Waals surface area contributed by atoms with Gasteiger partial charge in [-0.1, -0.05) is 0 Å². The van der Waals surface area contributed by atoms with Gasteiger partial charge in [0.15, 0.2) is 0 Å². The van der Waals surface area contributed by atoms with Gasteiger partial charge in [-0.3, -0.25) is 14.5 Å². The number of H-pyrrole nitrogens is 1. The van der Waals surface area contributed by atoms with Gasteiger partial charge in [-0.15, -0.1) is 0 Å². The first-order valence-electron chi connectivity index (χ1n) is 6.31. The van der Waals surface area contributed by atoms with Crippen LogP contribution in [0.2, 0.25) is 0 Å². The lowest BCUT2D eigenvalue weighted by Gasteiger charge is -2.05. The van der Waals surface area contributed by atoms with E-state index in [0.717, 1.165) is 16.8 Å². The molecule has 0 aliphatic carbocycles. The van der Waals surface area contributed by atoms with Crippen LogP contribution in [0.15, 0.2) is 28.2 Å². The molecule has 0 bridgehead atoms. The Hall–Kier alpha value is -2.63. The van der Waals surface area contributed by atoms with E-state index >= 15 is 0 Å². The average Bonchev–Trinajstić information content (AvgIpc) is 2.93. The van der Waals surface area contributed by atoms with E-state index < -0.39 is 0 Å². The summed E-state index contributed by atoms with van der Waals surface area (Å²) in [5.74, 6) is -0.0664. The molecule has 6 heteroatoms. The molecule has 0 aromatic carbocycles. The third-order valence-electron chi connectivity index (χ3n) is 3.20. The van der Waals surface area contributed by atoms with E-state index in [-0.39, 0.29) is 17.6 Å². The third kappa shape index (κ3) is 1.85. The van der Waals surface area contributed by atoms with Crippen molar-refractivity contribution in [3.05, 3.63) is 40.2 Å². The smallest absolute Gasteiger partial charge is 0.329 e. The molecule has 0 radical (unpaired) electrons. The van der Waals surface area contributed by atoms with Crippen LogP contribution in [0.1, 0.15) is 31.1 Å². The summed E-state index contributed by atoms with van der Waals surface area (Å²) in [6, 6.07) is 1.70. The molecule has 0 unspecified atom stereocenters. The number of aromatic hydroxyl groups is 1. The zero-order chi connectivity index (χ0) is 14.3. The lowest BCUT2D eigenvalue weighted by Crippen LogP contribution is -2.18. The molecule has 0 saturated heterocycles. The highest BCUT2D eigenvalue weighted by Crippen LogP contribution is 2.32. The van der Waals surface area contributed by atoms with Crippen molar-refractivity contribution < 1.29 is 5.11 Å². The quantitative estimate of drug-likeness (QED) is 0.876. The molecule has 1 aliphatic rings. The van der Waals surface area contributed by atoms with E-state index in [1.807, 2.05) is 19.9 Å². The predicted molar refractivity (Wildman–Crippen MR) is 77.4 cm³/mol. The minimum atomic E-state index is -0.328. The molecule has 2 N–H and O–H groups in total. The van der Waals surface area contributed by atoms with Crippen LogP contribution in [0, 0.1) is 0 Å². The first kappa shape index (κ1) is 12.4. The first-order chi connectivity index (χ1) is 9.58. The molecule has 0 saturated carbocycles. The number of fused-ring (bicyclic) bond motifs is 1. The summed E-state index contributed by atoms with van der Waals surface area (Å²) < 4.78 is 1.31. The Labute approximate surface area is 115 Å².